The van der Waals surface area contributed by atoms with Gasteiger partial charge in [0.25, 0.3) is 0 Å². The fourth-order valence-electron chi connectivity index (χ4n) is 2.89. The Morgan fingerprint density at radius 3 is 0.919 bits per heavy atom. The van der Waals surface area contributed by atoms with Crippen molar-refractivity contribution in [3.8, 4) is 0 Å². The minimum Gasteiger partial charge on any atom is 2.00 e. The monoisotopic (exact) mass is 724 g/mol. The first-order valence-electron chi connectivity index (χ1n) is 11.2. The van der Waals surface area contributed by atoms with Crippen LogP contribution in [0.4, 0.5) is 0 Å². The summed E-state index contributed by atoms with van der Waals surface area (Å²) >= 11 is 2.22. The molecule has 4 rings (SSSR count). The molecule has 0 aromatic carbocycles. The van der Waals surface area contributed by atoms with Gasteiger partial charge in [0.1, 0.15) is 0 Å². The Labute approximate surface area is 271 Å². The van der Waals surface area contributed by atoms with Crippen molar-refractivity contribution in [1.82, 2.24) is 0 Å². The molecule has 37 heavy (non-hydrogen) atoms. The summed E-state index contributed by atoms with van der Waals surface area (Å²) < 4.78 is 0. The van der Waals surface area contributed by atoms with E-state index in [9.17, 15) is 0 Å². The Hall–Kier alpha value is 1.77. The van der Waals surface area contributed by atoms with Crippen molar-refractivity contribution in [2.75, 3.05) is 0 Å². The third-order valence-corrected chi connectivity index (χ3v) is 8.99. The van der Waals surface area contributed by atoms with Crippen molar-refractivity contribution in [2.24, 2.45) is 9.98 Å². The molecule has 0 spiro atoms. The number of hydrogen-bond acceptors (Lipinski definition) is 2. The second-order valence-electron chi connectivity index (χ2n) is 9.69. The van der Waals surface area contributed by atoms with Crippen LogP contribution in [0.25, 0.3) is 0 Å². The van der Waals surface area contributed by atoms with Crippen LogP contribution in [0.5, 0.6) is 0 Å². The minimum absolute atomic E-state index is 0. The van der Waals surface area contributed by atoms with Crippen LogP contribution in [0, 0.1) is 133 Å². The summed E-state index contributed by atoms with van der Waals surface area (Å²) in [6, 6.07) is 1.91. The predicted octanol–water partition coefficient (Wildman–Crippen LogP) is 7.52. The van der Waals surface area contributed by atoms with Gasteiger partial charge in [0.2, 0.25) is 0 Å². The molecule has 0 saturated heterocycles. The molecule has 0 N–H and O–H groups in total. The van der Waals surface area contributed by atoms with Crippen LogP contribution < -0.4 is 0 Å². The summed E-state index contributed by atoms with van der Waals surface area (Å²) in [6.45, 7) is 14.2. The zero-order valence-electron chi connectivity index (χ0n) is 22.7. The van der Waals surface area contributed by atoms with Crippen LogP contribution in [0.15, 0.2) is 9.98 Å². The van der Waals surface area contributed by atoms with Crippen molar-refractivity contribution in [3.63, 3.8) is 0 Å². The van der Waals surface area contributed by atoms with E-state index in [-0.39, 0.29) is 41.6 Å². The van der Waals surface area contributed by atoms with Crippen molar-refractivity contribution in [3.05, 3.63) is 133 Å². The van der Waals surface area contributed by atoms with E-state index in [0.29, 0.717) is 0 Å². The number of halogens is 1. The summed E-state index contributed by atoms with van der Waals surface area (Å²) in [6.07, 6.45) is 36.4. The summed E-state index contributed by atoms with van der Waals surface area (Å²) in [5, 5.41) is 0. The molecule has 0 amide bonds. The quantitative estimate of drug-likeness (QED) is 0.159. The molecule has 0 bridgehead atoms. The Morgan fingerprint density at radius 2 is 0.730 bits per heavy atom. The molecule has 0 aliphatic heterocycles. The van der Waals surface area contributed by atoms with E-state index in [1.807, 2.05) is 51.4 Å². The normalized spacial score (nSPS) is 21.2. The number of hydrogen-bond donors (Lipinski definition) is 0. The molecule has 0 aromatic rings. The molecular weight excluding hydrogens is 686 g/mol. The molecular formula is C29H39ClFe2N2PdSi2+4. The van der Waals surface area contributed by atoms with Crippen LogP contribution in [0.2, 0.25) is 39.3 Å². The van der Waals surface area contributed by atoms with Crippen LogP contribution in [0.3, 0.4) is 0 Å². The van der Waals surface area contributed by atoms with Gasteiger partial charge >= 0.3 is 61.8 Å². The zero-order chi connectivity index (χ0) is 25.5. The molecule has 2 nitrogen and oxygen atoms in total. The van der Waals surface area contributed by atoms with Crippen molar-refractivity contribution >= 4 is 38.1 Å². The molecule has 4 saturated carbocycles. The van der Waals surface area contributed by atoms with Gasteiger partial charge in [-0.1, -0.05) is 39.3 Å². The fourth-order valence-corrected chi connectivity index (χ4v) is 5.27. The average Bonchev–Trinajstić information content (AvgIpc) is 3.61. The van der Waals surface area contributed by atoms with Gasteiger partial charge < -0.3 is 7.43 Å². The van der Waals surface area contributed by atoms with Gasteiger partial charge in [0.05, 0.1) is 28.2 Å². The van der Waals surface area contributed by atoms with E-state index >= 15 is 0 Å². The Balaban J connectivity index is -0.000000450. The van der Waals surface area contributed by atoms with E-state index in [4.69, 9.17) is 0 Å². The second-order valence-corrected chi connectivity index (χ2v) is 19.8. The maximum Gasteiger partial charge on any atom is 2.00 e. The third-order valence-electron chi connectivity index (χ3n) is 4.86. The molecule has 8 heteroatoms. The van der Waals surface area contributed by atoms with Gasteiger partial charge in [-0.2, -0.15) is 0 Å². The first kappa shape index (κ1) is 43.2. The van der Waals surface area contributed by atoms with Crippen LogP contribution in [-0.4, -0.2) is 28.6 Å². The topological polar surface area (TPSA) is 24.7 Å². The maximum absolute atomic E-state index is 4.49. The van der Waals surface area contributed by atoms with E-state index in [0.717, 1.165) is 12.1 Å². The first-order chi connectivity index (χ1) is 16.2. The van der Waals surface area contributed by atoms with Gasteiger partial charge in [-0.3, -0.25) is 9.98 Å². The summed E-state index contributed by atoms with van der Waals surface area (Å²) in [5.41, 5.74) is 3.12. The average molecular weight is 725 g/mol. The van der Waals surface area contributed by atoms with Crippen LogP contribution in [-0.2, 0) is 52.3 Å². The van der Waals surface area contributed by atoms with E-state index in [2.05, 4.69) is 128 Å². The summed E-state index contributed by atoms with van der Waals surface area (Å²) in [4.78, 5) is 8.38. The van der Waals surface area contributed by atoms with E-state index in [1.54, 1.807) is 23.5 Å². The van der Waals surface area contributed by atoms with Gasteiger partial charge in [-0.15, -0.1) is 0 Å². The van der Waals surface area contributed by atoms with Gasteiger partial charge in [0.15, 0.2) is 0 Å². The standard InChI is InChI=1S/C12H10N2.2C8H13Si.CH3.ClH.2Fe.Pd/c1-2-6-11(5-1)13-9-10-14-12-7-3-4-8-12;2*1-9(2,3)8-6-4-5-7-8;;;;;/h1-10H;2*4-7H,1-3H3;1H3;1H;;;/q;;;-1;;3*+2/p-1. The minimum atomic E-state index is -0.981. The SMILES string of the molecule is C[Si](C)(C)[C]1[CH][CH][CH][CH]1.C[Si](C)(C)[C]1[CH][CH][CH][CH]1.[CH3-].[CH]1[CH][CH][C](N=CC=N[C]2[CH][CH][CH][CH]2)[CH]1.[Cl][Pd+].[Fe+2].[Fe+2]. The maximum atomic E-state index is 4.49. The molecule has 20 radical (unpaired) electrons. The smallest absolute Gasteiger partial charge is 2.00 e. The largest absolute Gasteiger partial charge is 2.00 e. The summed E-state index contributed by atoms with van der Waals surface area (Å²) in [7, 11) is 2.53. The van der Waals surface area contributed by atoms with E-state index in [1.165, 1.54) is 0 Å². The Bertz CT molecular complexity index is 509. The molecule has 4 aliphatic carbocycles. The molecule has 0 aromatic heterocycles. The summed E-state index contributed by atoms with van der Waals surface area (Å²) in [5.74, 6) is 0. The van der Waals surface area contributed by atoms with Crippen molar-refractivity contribution in [2.45, 2.75) is 39.3 Å². The third kappa shape index (κ3) is 20.3. The van der Waals surface area contributed by atoms with Gasteiger partial charge in [-0.05, 0) is 114 Å². The Morgan fingerprint density at radius 1 is 0.514 bits per heavy atom. The predicted molar refractivity (Wildman–Crippen MR) is 158 cm³/mol. The Kier molecular flexibility index (Phi) is 28.5. The number of aliphatic imine (C=N–C) groups is 2. The van der Waals surface area contributed by atoms with Crippen LogP contribution >= 0.6 is 9.53 Å². The van der Waals surface area contributed by atoms with Crippen molar-refractivity contribution < 1.29 is 52.3 Å². The van der Waals surface area contributed by atoms with Crippen LogP contribution in [0.1, 0.15) is 0 Å². The molecule has 202 valence electrons. The van der Waals surface area contributed by atoms with E-state index < -0.39 is 16.1 Å². The molecule has 4 fully saturated rings. The molecule has 0 heterocycles. The van der Waals surface area contributed by atoms with Gasteiger partial charge in [-0.25, -0.2) is 0 Å². The number of nitrogens with zero attached hydrogens (tertiary/aromatic N) is 2. The zero-order valence-corrected chi connectivity index (χ0v) is 29.2. The van der Waals surface area contributed by atoms with Crippen molar-refractivity contribution in [1.29, 1.82) is 0 Å². The van der Waals surface area contributed by atoms with Gasteiger partial charge in [0, 0.05) is 12.4 Å². The first-order valence-corrected chi connectivity index (χ1v) is 20.2. The molecule has 0 atom stereocenters. The second kappa shape index (κ2) is 24.4. The molecule has 0 unspecified atom stereocenters. The number of rotatable bonds is 5. The molecule has 4 aliphatic rings. The fraction of sp³-hybridized carbons (Fsp3) is 0.207.